The van der Waals surface area contributed by atoms with Gasteiger partial charge in [0.15, 0.2) is 0 Å². The van der Waals surface area contributed by atoms with E-state index in [9.17, 15) is 18.7 Å². The van der Waals surface area contributed by atoms with E-state index in [1.165, 1.54) is 6.07 Å². The molecule has 4 rings (SSSR count). The number of allylic oxidation sites excluding steroid dienone is 10. The van der Waals surface area contributed by atoms with E-state index in [-0.39, 0.29) is 23.6 Å². The van der Waals surface area contributed by atoms with Crippen molar-refractivity contribution in [1.82, 2.24) is 0 Å². The summed E-state index contributed by atoms with van der Waals surface area (Å²) in [5.74, 6) is 0.205. The molecule has 0 saturated heterocycles. The van der Waals surface area contributed by atoms with Crippen LogP contribution in [0.3, 0.4) is 0 Å². The van der Waals surface area contributed by atoms with Crippen molar-refractivity contribution in [2.75, 3.05) is 0 Å². The Morgan fingerprint density at radius 3 is 2.48 bits per heavy atom. The van der Waals surface area contributed by atoms with Gasteiger partial charge in [0, 0.05) is 12.0 Å². The summed E-state index contributed by atoms with van der Waals surface area (Å²) in [4.78, 5) is 12.9. The molecule has 1 N–H and O–H groups in total. The molecule has 6 heteroatoms. The molecule has 0 bridgehead atoms. The van der Waals surface area contributed by atoms with Crippen molar-refractivity contribution < 1.29 is 28.2 Å². The summed E-state index contributed by atoms with van der Waals surface area (Å²) in [6.07, 6.45) is 11.9. The van der Waals surface area contributed by atoms with Crippen molar-refractivity contribution in [2.45, 2.75) is 85.1 Å². The minimum atomic E-state index is -1.15. The van der Waals surface area contributed by atoms with E-state index in [2.05, 4.69) is 6.58 Å². The second-order valence-corrected chi connectivity index (χ2v) is 12.5. The van der Waals surface area contributed by atoms with Crippen LogP contribution in [0.15, 0.2) is 108 Å². The smallest absolute Gasteiger partial charge is 0.318 e. The summed E-state index contributed by atoms with van der Waals surface area (Å²) in [5.41, 5.74) is 5.67. The molecule has 46 heavy (non-hydrogen) atoms. The number of aryl methyl sites for hydroxylation is 1. The minimum absolute atomic E-state index is 0.0370. The van der Waals surface area contributed by atoms with Crippen LogP contribution in [0.2, 0.25) is 0 Å². The molecule has 0 fully saturated rings. The summed E-state index contributed by atoms with van der Waals surface area (Å²) in [6, 6.07) is 12.6. The topological polar surface area (TPSA) is 55.8 Å². The molecular weight excluding hydrogens is 582 g/mol. The Kier molecular flexibility index (Phi) is 12.1. The number of alkyl halides is 1. The Hall–Kier alpha value is -4.03. The highest BCUT2D eigenvalue weighted by Crippen LogP contribution is 2.32. The van der Waals surface area contributed by atoms with E-state index >= 15 is 0 Å². The van der Waals surface area contributed by atoms with Gasteiger partial charge in [-0.15, -0.1) is 0 Å². The Balaban J connectivity index is 1.33. The van der Waals surface area contributed by atoms with Gasteiger partial charge in [-0.25, -0.2) is 8.78 Å². The molecule has 2 aliphatic rings. The third kappa shape index (κ3) is 9.03. The quantitative estimate of drug-likeness (QED) is 0.136. The summed E-state index contributed by atoms with van der Waals surface area (Å²) >= 11 is 0. The molecule has 4 nitrogen and oxygen atoms in total. The highest BCUT2D eigenvalue weighted by Gasteiger charge is 2.23. The zero-order chi connectivity index (χ0) is 33.4. The highest BCUT2D eigenvalue weighted by molar-refractivity contribution is 5.81. The molecule has 0 aliphatic heterocycles. The van der Waals surface area contributed by atoms with Crippen LogP contribution in [0.5, 0.6) is 0 Å². The molecule has 5 atom stereocenters. The van der Waals surface area contributed by atoms with Gasteiger partial charge in [0.1, 0.15) is 17.7 Å². The van der Waals surface area contributed by atoms with Gasteiger partial charge >= 0.3 is 5.97 Å². The first-order chi connectivity index (χ1) is 22.0. The lowest BCUT2D eigenvalue weighted by molar-refractivity contribution is -0.142. The number of rotatable bonds is 13. The highest BCUT2D eigenvalue weighted by atomic mass is 19.1. The number of ether oxygens (including phenoxy) is 2. The van der Waals surface area contributed by atoms with E-state index in [4.69, 9.17) is 9.47 Å². The lowest BCUT2D eigenvalue weighted by atomic mass is 9.89. The van der Waals surface area contributed by atoms with Crippen LogP contribution in [0.1, 0.15) is 94.3 Å². The van der Waals surface area contributed by atoms with Gasteiger partial charge in [0.25, 0.3) is 0 Å². The maximum absolute atomic E-state index is 14.4. The second kappa shape index (κ2) is 16.0. The van der Waals surface area contributed by atoms with Crippen LogP contribution in [-0.2, 0) is 14.3 Å². The fourth-order valence-corrected chi connectivity index (χ4v) is 5.63. The predicted octanol–water partition coefficient (Wildman–Crippen LogP) is 10.3. The lowest BCUT2D eigenvalue weighted by Gasteiger charge is -2.21. The number of benzene rings is 2. The zero-order valence-corrected chi connectivity index (χ0v) is 27.6. The fourth-order valence-electron chi connectivity index (χ4n) is 5.63. The number of aliphatic hydroxyl groups is 1. The number of esters is 1. The van der Waals surface area contributed by atoms with E-state index in [1.54, 1.807) is 26.0 Å². The SMILES string of the molecule is C=CC1=C(/C=C(\C)OC(O)c2ccc(C(C)C[C@H](F)C(C)CC)cc2)CCC(OC(=O)[C@H]2C=CC(c3ccc(C)c(F)c3)=CC2)=C1. The summed E-state index contributed by atoms with van der Waals surface area (Å²) in [7, 11) is 0. The molecule has 0 aromatic heterocycles. The van der Waals surface area contributed by atoms with Crippen LogP contribution in [-0.4, -0.2) is 17.2 Å². The molecule has 3 unspecified atom stereocenters. The van der Waals surface area contributed by atoms with E-state index in [1.807, 2.05) is 81.5 Å². The number of halogens is 2. The van der Waals surface area contributed by atoms with Gasteiger partial charge in [-0.3, -0.25) is 4.79 Å². The summed E-state index contributed by atoms with van der Waals surface area (Å²) in [5, 5.41) is 10.7. The lowest BCUT2D eigenvalue weighted by Crippen LogP contribution is -2.17. The molecule has 2 aliphatic carbocycles. The van der Waals surface area contributed by atoms with Crippen LogP contribution in [0.4, 0.5) is 8.78 Å². The van der Waals surface area contributed by atoms with Gasteiger partial charge in [0.2, 0.25) is 6.29 Å². The van der Waals surface area contributed by atoms with Gasteiger partial charge < -0.3 is 14.6 Å². The molecule has 0 radical (unpaired) electrons. The third-order valence-corrected chi connectivity index (χ3v) is 8.99. The van der Waals surface area contributed by atoms with Crippen molar-refractivity contribution in [3.05, 3.63) is 136 Å². The first-order valence-electron chi connectivity index (χ1n) is 16.2. The van der Waals surface area contributed by atoms with E-state index < -0.39 is 18.4 Å². The average Bonchev–Trinajstić information content (AvgIpc) is 3.06. The number of hydrogen-bond acceptors (Lipinski definition) is 4. The van der Waals surface area contributed by atoms with Crippen molar-refractivity contribution >= 4 is 11.5 Å². The molecule has 0 heterocycles. The Labute approximate surface area is 272 Å². The summed E-state index contributed by atoms with van der Waals surface area (Å²) < 4.78 is 40.0. The van der Waals surface area contributed by atoms with Gasteiger partial charge in [0.05, 0.1) is 11.7 Å². The Morgan fingerprint density at radius 1 is 1.13 bits per heavy atom. The standard InChI is InChI=1S/C40H46F2O4/c1-7-25(3)37(41)21-27(5)30-11-15-32(16-12-30)39(43)45-28(6)22-34-19-20-36(23-29(34)8-2)46-40(44)33-17-13-31(14-18-33)35-10-9-26(4)38(42)24-35/h8-17,22-25,27,33,37,39,43H,2,7,18-21H2,1,3-6H3/b28-22+/t25?,27?,33-,37-,39?/m0/s1. The van der Waals surface area contributed by atoms with Crippen molar-refractivity contribution in [3.8, 4) is 0 Å². The Bertz CT molecular complexity index is 1560. The van der Waals surface area contributed by atoms with Crippen molar-refractivity contribution in [3.63, 3.8) is 0 Å². The summed E-state index contributed by atoms with van der Waals surface area (Å²) in [6.45, 7) is 13.4. The molecular formula is C40H46F2O4. The van der Waals surface area contributed by atoms with Gasteiger partial charge in [-0.05, 0) is 96.6 Å². The molecule has 0 amide bonds. The largest absolute Gasteiger partial charge is 0.465 e. The van der Waals surface area contributed by atoms with E-state index in [0.29, 0.717) is 48.3 Å². The minimum Gasteiger partial charge on any atom is -0.465 e. The first kappa shape index (κ1) is 34.8. The number of carbonyl (C=O) groups excluding carboxylic acids is 1. The first-order valence-corrected chi connectivity index (χ1v) is 16.2. The molecule has 244 valence electrons. The van der Waals surface area contributed by atoms with Crippen LogP contribution in [0.25, 0.3) is 5.57 Å². The maximum atomic E-state index is 14.4. The monoisotopic (exact) mass is 628 g/mol. The van der Waals surface area contributed by atoms with E-state index in [0.717, 1.165) is 34.3 Å². The number of hydrogen-bond donors (Lipinski definition) is 1. The second-order valence-electron chi connectivity index (χ2n) is 12.5. The number of carbonyl (C=O) groups is 1. The van der Waals surface area contributed by atoms with Crippen LogP contribution in [0, 0.1) is 24.6 Å². The zero-order valence-electron chi connectivity index (χ0n) is 27.6. The normalized spacial score (nSPS) is 19.5. The van der Waals surface area contributed by atoms with Crippen LogP contribution >= 0.6 is 0 Å². The molecule has 0 spiro atoms. The van der Waals surface area contributed by atoms with Crippen molar-refractivity contribution in [1.29, 1.82) is 0 Å². The Morgan fingerprint density at radius 2 is 1.85 bits per heavy atom. The van der Waals surface area contributed by atoms with Crippen molar-refractivity contribution in [2.24, 2.45) is 11.8 Å². The van der Waals surface area contributed by atoms with Gasteiger partial charge in [-0.2, -0.15) is 0 Å². The number of aliphatic hydroxyl groups excluding tert-OH is 1. The third-order valence-electron chi connectivity index (χ3n) is 8.99. The molecule has 2 aromatic rings. The van der Waals surface area contributed by atoms with Gasteiger partial charge in [-0.1, -0.05) is 94.5 Å². The fraction of sp³-hybridized carbons (Fsp3) is 0.375. The predicted molar refractivity (Wildman–Crippen MR) is 181 cm³/mol. The molecule has 2 aromatic carbocycles. The average molecular weight is 629 g/mol. The van der Waals surface area contributed by atoms with Crippen LogP contribution < -0.4 is 0 Å². The molecule has 0 saturated carbocycles. The maximum Gasteiger partial charge on any atom is 0.318 e.